The van der Waals surface area contributed by atoms with Gasteiger partial charge in [-0.15, -0.1) is 11.3 Å². The van der Waals surface area contributed by atoms with Gasteiger partial charge in [0.15, 0.2) is 0 Å². The number of halogens is 2. The molecule has 1 unspecified atom stereocenters. The highest BCUT2D eigenvalue weighted by molar-refractivity contribution is 7.18. The Labute approximate surface area is 233 Å². The maximum absolute atomic E-state index is 14.3. The highest BCUT2D eigenvalue weighted by Crippen LogP contribution is 2.42. The van der Waals surface area contributed by atoms with E-state index in [1.54, 1.807) is 30.3 Å². The van der Waals surface area contributed by atoms with Crippen LogP contribution in [0.3, 0.4) is 0 Å². The van der Waals surface area contributed by atoms with E-state index in [9.17, 15) is 14.4 Å². The van der Waals surface area contributed by atoms with Gasteiger partial charge >= 0.3 is 0 Å². The lowest BCUT2D eigenvalue weighted by Crippen LogP contribution is -2.44. The minimum atomic E-state index is -0.681. The lowest BCUT2D eigenvalue weighted by molar-refractivity contribution is 0.0601. The van der Waals surface area contributed by atoms with Crippen LogP contribution < -0.4 is 0 Å². The molecule has 6 nitrogen and oxygen atoms in total. The van der Waals surface area contributed by atoms with E-state index in [-0.39, 0.29) is 11.7 Å². The average molecular weight is 556 g/mol. The second-order valence-corrected chi connectivity index (χ2v) is 11.3. The van der Waals surface area contributed by atoms with Gasteiger partial charge in [-0.25, -0.2) is 14.4 Å². The molecule has 0 saturated carbocycles. The standard InChI is InChI=1S/C30H23ClFN5OS/c1-17-22(31)11-12-23-24(17)36-29(34-23)30(2)13-4-14-37(30)28(38)25-26(19-7-9-21(32)10-8-19)39-27(35-25)20-6-3-5-18(15-20)16-33/h3,5-12,15H,4,13-14H2,1-2H3,(H,34,36). The molecule has 3 aromatic carbocycles. The lowest BCUT2D eigenvalue weighted by Gasteiger charge is -2.33. The van der Waals surface area contributed by atoms with Gasteiger partial charge < -0.3 is 9.88 Å². The van der Waals surface area contributed by atoms with Crippen molar-refractivity contribution in [1.29, 1.82) is 5.26 Å². The van der Waals surface area contributed by atoms with Crippen LogP contribution in [0, 0.1) is 24.1 Å². The summed E-state index contributed by atoms with van der Waals surface area (Å²) in [7, 11) is 0. The smallest absolute Gasteiger partial charge is 0.274 e. The first kappa shape index (κ1) is 25.2. The second kappa shape index (κ2) is 9.60. The third-order valence-electron chi connectivity index (χ3n) is 7.41. The van der Waals surface area contributed by atoms with Crippen LogP contribution in [-0.2, 0) is 5.54 Å². The van der Waals surface area contributed by atoms with Gasteiger partial charge in [-0.2, -0.15) is 5.26 Å². The topological polar surface area (TPSA) is 85.7 Å². The molecule has 5 aromatic rings. The molecule has 1 amide bonds. The van der Waals surface area contributed by atoms with Crippen molar-refractivity contribution in [2.45, 2.75) is 32.2 Å². The van der Waals surface area contributed by atoms with Gasteiger partial charge in [0.1, 0.15) is 22.3 Å². The van der Waals surface area contributed by atoms with E-state index in [0.29, 0.717) is 44.1 Å². The number of likely N-dealkylation sites (tertiary alicyclic amines) is 1. The zero-order valence-corrected chi connectivity index (χ0v) is 22.8. The number of H-pyrrole nitrogens is 1. The number of nitriles is 1. The molecular formula is C30H23ClFN5OS. The number of carbonyl (C=O) groups excluding carboxylic acids is 1. The fraction of sp³-hybridized carbons (Fsp3) is 0.200. The van der Waals surface area contributed by atoms with Crippen molar-refractivity contribution in [1.82, 2.24) is 19.9 Å². The maximum Gasteiger partial charge on any atom is 0.274 e. The third kappa shape index (κ3) is 4.28. The number of hydrogen-bond acceptors (Lipinski definition) is 5. The second-order valence-electron chi connectivity index (χ2n) is 9.88. The van der Waals surface area contributed by atoms with Crippen molar-refractivity contribution in [3.05, 3.63) is 94.1 Å². The number of rotatable bonds is 4. The first-order valence-corrected chi connectivity index (χ1v) is 13.7. The summed E-state index contributed by atoms with van der Waals surface area (Å²) in [5.74, 6) is 0.128. The number of amides is 1. The normalized spacial score (nSPS) is 17.1. The molecule has 1 atom stereocenters. The van der Waals surface area contributed by atoms with E-state index in [0.717, 1.165) is 35.0 Å². The maximum atomic E-state index is 14.3. The van der Waals surface area contributed by atoms with Crippen LogP contribution in [0.4, 0.5) is 4.39 Å². The molecule has 2 aromatic heterocycles. The quantitative estimate of drug-likeness (QED) is 0.249. The highest BCUT2D eigenvalue weighted by Gasteiger charge is 2.45. The Morgan fingerprint density at radius 1 is 1.15 bits per heavy atom. The van der Waals surface area contributed by atoms with Crippen molar-refractivity contribution < 1.29 is 9.18 Å². The predicted octanol–water partition coefficient (Wildman–Crippen LogP) is 7.48. The van der Waals surface area contributed by atoms with Crippen LogP contribution in [0.2, 0.25) is 5.02 Å². The number of carbonyl (C=O) groups is 1. The molecule has 9 heteroatoms. The number of fused-ring (bicyclic) bond motifs is 1. The van der Waals surface area contributed by atoms with Crippen LogP contribution in [0.25, 0.3) is 32.0 Å². The summed E-state index contributed by atoms with van der Waals surface area (Å²) in [5.41, 5.74) is 4.12. The predicted molar refractivity (Wildman–Crippen MR) is 151 cm³/mol. The SMILES string of the molecule is Cc1c(Cl)ccc2[nH]c(C3(C)CCCN3C(=O)c3nc(-c4cccc(C#N)c4)sc3-c3ccc(F)cc3)nc12. The molecule has 1 fully saturated rings. The molecule has 0 bridgehead atoms. The van der Waals surface area contributed by atoms with Crippen LogP contribution >= 0.6 is 22.9 Å². The van der Waals surface area contributed by atoms with Gasteiger partial charge in [-0.3, -0.25) is 4.79 Å². The Morgan fingerprint density at radius 3 is 2.72 bits per heavy atom. The minimum absolute atomic E-state index is 0.219. The molecule has 1 aliphatic heterocycles. The number of thiazole rings is 1. The fourth-order valence-electron chi connectivity index (χ4n) is 5.21. The van der Waals surface area contributed by atoms with Crippen molar-refractivity contribution in [2.75, 3.05) is 6.54 Å². The third-order valence-corrected chi connectivity index (χ3v) is 8.98. The van der Waals surface area contributed by atoms with Gasteiger partial charge in [-0.05, 0) is 74.2 Å². The number of aryl methyl sites for hydroxylation is 1. The van der Waals surface area contributed by atoms with Gasteiger partial charge in [0.2, 0.25) is 0 Å². The van der Waals surface area contributed by atoms with Gasteiger partial charge in [0, 0.05) is 17.1 Å². The van der Waals surface area contributed by atoms with Crippen LogP contribution in [-0.4, -0.2) is 32.3 Å². The molecule has 0 aliphatic carbocycles. The molecule has 0 spiro atoms. The zero-order chi connectivity index (χ0) is 27.3. The van der Waals surface area contributed by atoms with E-state index in [2.05, 4.69) is 11.1 Å². The average Bonchev–Trinajstić information content (AvgIpc) is 3.69. The summed E-state index contributed by atoms with van der Waals surface area (Å²) >= 11 is 7.69. The van der Waals surface area contributed by atoms with Crippen molar-refractivity contribution >= 4 is 39.9 Å². The molecular weight excluding hydrogens is 533 g/mol. The van der Waals surface area contributed by atoms with Crippen LogP contribution in [0.15, 0.2) is 60.7 Å². The summed E-state index contributed by atoms with van der Waals surface area (Å²) in [6.45, 7) is 4.50. The molecule has 39 heavy (non-hydrogen) atoms. The summed E-state index contributed by atoms with van der Waals surface area (Å²) in [6.07, 6.45) is 1.55. The van der Waals surface area contributed by atoms with Gasteiger partial charge in [0.25, 0.3) is 5.91 Å². The molecule has 3 heterocycles. The van der Waals surface area contributed by atoms with Gasteiger partial charge in [0.05, 0.1) is 33.1 Å². The summed E-state index contributed by atoms with van der Waals surface area (Å²) in [4.78, 5) is 29.9. The Hall–Kier alpha value is -4.06. The van der Waals surface area contributed by atoms with Gasteiger partial charge in [-0.1, -0.05) is 35.9 Å². The number of aromatic amines is 1. The van der Waals surface area contributed by atoms with E-state index in [1.165, 1.54) is 23.5 Å². The van der Waals surface area contributed by atoms with Crippen molar-refractivity contribution in [2.24, 2.45) is 0 Å². The fourth-order valence-corrected chi connectivity index (χ4v) is 6.42. The number of aromatic nitrogens is 3. The number of benzene rings is 3. The van der Waals surface area contributed by atoms with E-state index in [1.807, 2.05) is 36.9 Å². The summed E-state index contributed by atoms with van der Waals surface area (Å²) in [6, 6.07) is 19.1. The Balaban J connectivity index is 1.46. The summed E-state index contributed by atoms with van der Waals surface area (Å²) in [5, 5.41) is 10.6. The number of nitrogens with one attached hydrogen (secondary N) is 1. The Bertz CT molecular complexity index is 1790. The number of imidazole rings is 1. The molecule has 1 saturated heterocycles. The first-order chi connectivity index (χ1) is 18.8. The zero-order valence-electron chi connectivity index (χ0n) is 21.3. The Morgan fingerprint density at radius 2 is 1.95 bits per heavy atom. The largest absolute Gasteiger partial charge is 0.340 e. The number of hydrogen-bond donors (Lipinski definition) is 1. The molecule has 194 valence electrons. The minimum Gasteiger partial charge on any atom is -0.340 e. The molecule has 6 rings (SSSR count). The molecule has 1 aliphatic rings. The molecule has 1 N–H and O–H groups in total. The van der Waals surface area contributed by atoms with Crippen molar-refractivity contribution in [3.63, 3.8) is 0 Å². The Kier molecular flexibility index (Phi) is 6.21. The number of nitrogens with zero attached hydrogens (tertiary/aromatic N) is 4. The summed E-state index contributed by atoms with van der Waals surface area (Å²) < 4.78 is 13.8. The highest BCUT2D eigenvalue weighted by atomic mass is 35.5. The van der Waals surface area contributed by atoms with E-state index < -0.39 is 5.54 Å². The first-order valence-electron chi connectivity index (χ1n) is 12.5. The van der Waals surface area contributed by atoms with Crippen LogP contribution in [0.1, 0.15) is 47.2 Å². The molecule has 0 radical (unpaired) electrons. The van der Waals surface area contributed by atoms with Crippen LogP contribution in [0.5, 0.6) is 0 Å². The van der Waals surface area contributed by atoms with E-state index >= 15 is 0 Å². The monoisotopic (exact) mass is 555 g/mol. The van der Waals surface area contributed by atoms with E-state index in [4.69, 9.17) is 21.6 Å². The van der Waals surface area contributed by atoms with Crippen molar-refractivity contribution in [3.8, 4) is 27.1 Å². The lowest BCUT2D eigenvalue weighted by atomic mass is 9.97.